The highest BCUT2D eigenvalue weighted by Gasteiger charge is 2.18. The smallest absolute Gasteiger partial charge is 0.124 e. The van der Waals surface area contributed by atoms with Crippen LogP contribution in [0.3, 0.4) is 0 Å². The van der Waals surface area contributed by atoms with E-state index in [4.69, 9.17) is 11.1 Å². The second-order valence-electron chi connectivity index (χ2n) is 10.7. The van der Waals surface area contributed by atoms with E-state index in [9.17, 15) is 0 Å². The lowest BCUT2D eigenvalue weighted by Crippen LogP contribution is -2.13. The molecule has 2 heteroatoms. The number of nitrogens with two attached hydrogens (primary N) is 1. The predicted molar refractivity (Wildman–Crippen MR) is 176 cm³/mol. The van der Waals surface area contributed by atoms with Crippen molar-refractivity contribution in [3.8, 4) is 22.3 Å². The third-order valence-corrected chi connectivity index (χ3v) is 8.45. The number of rotatable bonds is 3. The highest BCUT2D eigenvalue weighted by molar-refractivity contribution is 6.26. The molecule has 0 saturated heterocycles. The fourth-order valence-corrected chi connectivity index (χ4v) is 6.64. The van der Waals surface area contributed by atoms with Crippen molar-refractivity contribution in [1.82, 2.24) is 0 Å². The van der Waals surface area contributed by atoms with Gasteiger partial charge >= 0.3 is 0 Å². The second kappa shape index (κ2) is 9.04. The summed E-state index contributed by atoms with van der Waals surface area (Å²) < 4.78 is 0. The molecule has 8 rings (SSSR count). The first-order valence-electron chi connectivity index (χ1n) is 13.9. The molecule has 192 valence electrons. The highest BCUT2D eigenvalue weighted by Crippen LogP contribution is 2.40. The van der Waals surface area contributed by atoms with Gasteiger partial charge in [0.25, 0.3) is 0 Å². The Morgan fingerprint density at radius 3 is 1.27 bits per heavy atom. The van der Waals surface area contributed by atoms with Gasteiger partial charge in [0.15, 0.2) is 0 Å². The first-order valence-corrected chi connectivity index (χ1v) is 13.9. The van der Waals surface area contributed by atoms with Crippen LogP contribution < -0.4 is 5.73 Å². The van der Waals surface area contributed by atoms with Gasteiger partial charge in [0.1, 0.15) is 5.84 Å². The van der Waals surface area contributed by atoms with Crippen LogP contribution in [0.1, 0.15) is 5.56 Å². The molecule has 0 aromatic heterocycles. The van der Waals surface area contributed by atoms with Gasteiger partial charge in [-0.3, -0.25) is 5.41 Å². The summed E-state index contributed by atoms with van der Waals surface area (Å²) in [5.41, 5.74) is 11.4. The molecule has 41 heavy (non-hydrogen) atoms. The first kappa shape index (κ1) is 23.4. The molecule has 0 unspecified atom stereocenters. The van der Waals surface area contributed by atoms with Gasteiger partial charge in [0.2, 0.25) is 0 Å². The maximum absolute atomic E-state index is 8.54. The summed E-state index contributed by atoms with van der Waals surface area (Å²) in [5, 5.41) is 20.6. The average Bonchev–Trinajstić information content (AvgIpc) is 3.04. The fraction of sp³-hybridized carbons (Fsp3) is 0. The molecular formula is C39H26N2. The molecule has 3 N–H and O–H groups in total. The standard InChI is InChI=1S/C39H26N2/c40-39(41)38-35-16-8-6-13-31(35)30-12-5-7-15-34(30)37(38)25-19-17-24(18-20-25)26-21-22-33-29-11-2-1-9-27(29)28-10-3-4-14-32(28)36(33)23-26/h1-23H,(H3,40,41). The molecule has 0 aliphatic rings. The molecule has 0 aliphatic carbocycles. The summed E-state index contributed by atoms with van der Waals surface area (Å²) in [4.78, 5) is 0. The van der Waals surface area contributed by atoms with Crippen molar-refractivity contribution in [1.29, 1.82) is 5.41 Å². The maximum Gasteiger partial charge on any atom is 0.124 e. The quantitative estimate of drug-likeness (QED) is 0.135. The zero-order chi connectivity index (χ0) is 27.5. The molecule has 0 saturated carbocycles. The van der Waals surface area contributed by atoms with Crippen molar-refractivity contribution >= 4 is 59.7 Å². The largest absolute Gasteiger partial charge is 0.384 e. The maximum atomic E-state index is 8.54. The van der Waals surface area contributed by atoms with Crippen molar-refractivity contribution < 1.29 is 0 Å². The van der Waals surface area contributed by atoms with Crippen LogP contribution in [-0.4, -0.2) is 5.84 Å². The number of hydrogen-bond acceptors (Lipinski definition) is 1. The summed E-state index contributed by atoms with van der Waals surface area (Å²) in [5.74, 6) is 0.0830. The molecule has 0 spiro atoms. The van der Waals surface area contributed by atoms with Gasteiger partial charge in [0.05, 0.1) is 0 Å². The average molecular weight is 523 g/mol. The Bertz CT molecular complexity index is 2290. The normalized spacial score (nSPS) is 11.6. The number of benzene rings is 8. The fourth-order valence-electron chi connectivity index (χ4n) is 6.64. The lowest BCUT2D eigenvalue weighted by Gasteiger charge is -2.17. The van der Waals surface area contributed by atoms with E-state index in [-0.39, 0.29) is 5.84 Å². The van der Waals surface area contributed by atoms with E-state index in [0.29, 0.717) is 0 Å². The molecule has 0 atom stereocenters. The van der Waals surface area contributed by atoms with Crippen LogP contribution in [0.15, 0.2) is 140 Å². The van der Waals surface area contributed by atoms with Gasteiger partial charge < -0.3 is 5.73 Å². The minimum atomic E-state index is 0.0830. The molecule has 0 amide bonds. The van der Waals surface area contributed by atoms with Gasteiger partial charge in [-0.05, 0) is 76.6 Å². The summed E-state index contributed by atoms with van der Waals surface area (Å²) >= 11 is 0. The number of hydrogen-bond donors (Lipinski definition) is 2. The topological polar surface area (TPSA) is 49.9 Å². The van der Waals surface area contributed by atoms with E-state index in [1.807, 2.05) is 12.1 Å². The Balaban J connectivity index is 1.33. The summed E-state index contributed by atoms with van der Waals surface area (Å²) in [6, 6.07) is 49.6. The summed E-state index contributed by atoms with van der Waals surface area (Å²) in [6.45, 7) is 0. The number of fused-ring (bicyclic) bond motifs is 9. The molecule has 8 aromatic carbocycles. The van der Waals surface area contributed by atoms with Crippen LogP contribution in [0.5, 0.6) is 0 Å². The number of amidine groups is 1. The van der Waals surface area contributed by atoms with Crippen molar-refractivity contribution in [2.75, 3.05) is 0 Å². The third kappa shape index (κ3) is 3.54. The molecule has 0 fully saturated rings. The zero-order valence-electron chi connectivity index (χ0n) is 22.4. The molecule has 0 aliphatic heterocycles. The van der Waals surface area contributed by atoms with Gasteiger partial charge in [-0.1, -0.05) is 133 Å². The molecule has 8 aromatic rings. The van der Waals surface area contributed by atoms with E-state index in [2.05, 4.69) is 127 Å². The monoisotopic (exact) mass is 522 g/mol. The molecule has 2 nitrogen and oxygen atoms in total. The van der Waals surface area contributed by atoms with Crippen molar-refractivity contribution in [2.24, 2.45) is 5.73 Å². The van der Waals surface area contributed by atoms with Crippen LogP contribution in [0, 0.1) is 5.41 Å². The second-order valence-corrected chi connectivity index (χ2v) is 10.7. The third-order valence-electron chi connectivity index (χ3n) is 8.45. The Morgan fingerprint density at radius 2 is 0.732 bits per heavy atom. The van der Waals surface area contributed by atoms with Crippen LogP contribution >= 0.6 is 0 Å². The van der Waals surface area contributed by atoms with E-state index >= 15 is 0 Å². The Labute approximate surface area is 237 Å². The van der Waals surface area contributed by atoms with E-state index < -0.39 is 0 Å². The van der Waals surface area contributed by atoms with Crippen LogP contribution in [0.25, 0.3) is 76.1 Å². The predicted octanol–water partition coefficient (Wildman–Crippen LogP) is 10.1. The lowest BCUT2D eigenvalue weighted by molar-refractivity contribution is 1.44. The minimum Gasteiger partial charge on any atom is -0.384 e. The van der Waals surface area contributed by atoms with Gasteiger partial charge in [-0.15, -0.1) is 0 Å². The lowest BCUT2D eigenvalue weighted by atomic mass is 9.87. The van der Waals surface area contributed by atoms with Crippen molar-refractivity contribution in [3.63, 3.8) is 0 Å². The summed E-state index contributed by atoms with van der Waals surface area (Å²) in [7, 11) is 0. The highest BCUT2D eigenvalue weighted by atomic mass is 14.7. The van der Waals surface area contributed by atoms with Gasteiger partial charge in [-0.2, -0.15) is 0 Å². The Morgan fingerprint density at radius 1 is 0.366 bits per heavy atom. The summed E-state index contributed by atoms with van der Waals surface area (Å²) in [6.07, 6.45) is 0. The van der Waals surface area contributed by atoms with Gasteiger partial charge in [-0.25, -0.2) is 0 Å². The minimum absolute atomic E-state index is 0.0830. The Kier molecular flexibility index (Phi) is 5.16. The van der Waals surface area contributed by atoms with Gasteiger partial charge in [0, 0.05) is 11.1 Å². The van der Waals surface area contributed by atoms with E-state index in [1.54, 1.807) is 0 Å². The first-order chi connectivity index (χ1) is 20.2. The molecular weight excluding hydrogens is 496 g/mol. The molecule has 0 heterocycles. The number of nitrogens with one attached hydrogen (secondary N) is 1. The van der Waals surface area contributed by atoms with Crippen LogP contribution in [0.4, 0.5) is 0 Å². The Hall–Kier alpha value is -5.47. The van der Waals surface area contributed by atoms with Crippen LogP contribution in [-0.2, 0) is 0 Å². The molecule has 0 radical (unpaired) electrons. The molecule has 0 bridgehead atoms. The van der Waals surface area contributed by atoms with E-state index in [0.717, 1.165) is 38.4 Å². The van der Waals surface area contributed by atoms with Crippen LogP contribution in [0.2, 0.25) is 0 Å². The van der Waals surface area contributed by atoms with E-state index in [1.165, 1.54) is 43.3 Å². The van der Waals surface area contributed by atoms with Crippen molar-refractivity contribution in [3.05, 3.63) is 145 Å². The van der Waals surface area contributed by atoms with Crippen molar-refractivity contribution in [2.45, 2.75) is 0 Å². The number of nitrogen functional groups attached to an aromatic ring is 1. The SMILES string of the molecule is N=C(N)c1c(-c2ccc(-c3ccc4c5ccccc5c5ccccc5c4c3)cc2)c2ccccc2c2ccccc12. The zero-order valence-corrected chi connectivity index (χ0v) is 22.4.